The Balaban J connectivity index is 0.000000616. The number of benzene rings is 5. The van der Waals surface area contributed by atoms with Gasteiger partial charge in [-0.3, -0.25) is 9.88 Å². The minimum atomic E-state index is -0.321. The zero-order valence-electron chi connectivity index (χ0n) is 32.1. The van der Waals surface area contributed by atoms with E-state index in [0.717, 1.165) is 28.5 Å². The Morgan fingerprint density at radius 1 is 0.755 bits per heavy atom. The summed E-state index contributed by atoms with van der Waals surface area (Å²) in [5.74, 6) is 0.824. The highest BCUT2D eigenvalue weighted by atomic mass is 15.2. The van der Waals surface area contributed by atoms with Crippen LogP contribution in [0, 0.1) is 13.8 Å². The second kappa shape index (κ2) is 15.7. The second-order valence-electron chi connectivity index (χ2n) is 14.2. The maximum Gasteiger partial charge on any atom is 0.140 e. The lowest BCUT2D eigenvalue weighted by atomic mass is 9.73. The van der Waals surface area contributed by atoms with Gasteiger partial charge in [0.2, 0.25) is 0 Å². The third kappa shape index (κ3) is 7.21. The first kappa shape index (κ1) is 36.7. The van der Waals surface area contributed by atoms with Gasteiger partial charge >= 0.3 is 0 Å². The molecule has 0 unspecified atom stereocenters. The zero-order valence-corrected chi connectivity index (χ0v) is 32.1. The summed E-state index contributed by atoms with van der Waals surface area (Å²) in [6.45, 7) is 23.3. The lowest BCUT2D eigenvalue weighted by Crippen LogP contribution is -2.33. The minimum Gasteiger partial charge on any atom is -0.295 e. The molecule has 6 aromatic rings. The van der Waals surface area contributed by atoms with E-state index >= 15 is 0 Å². The number of hydrogen-bond acceptors (Lipinski definition) is 3. The molecule has 3 nitrogen and oxygen atoms in total. The lowest BCUT2D eigenvalue weighted by Gasteiger charge is -2.41. The van der Waals surface area contributed by atoms with E-state index in [2.05, 4.69) is 179 Å². The predicted octanol–water partition coefficient (Wildman–Crippen LogP) is 13.8. The standard InChI is InChI=1S/C44H42N2.C6H7N/c1-9-16-34(29(3)4)39-27-31(22-21-30(39)5)35-24-25-36(38-20-15-14-19-37(35)38)32-23-26-42-41(28-32)44(6,7)40(10-2)43(45-8)46(42)33-17-12-11-13-18-33;1-6-4-2-3-5-7-6/h9-28H,2,8H2,1,3-7H3;2-5H,1H3/b16-9-;. The molecule has 0 fully saturated rings. The Bertz CT molecular complexity index is 2390. The highest BCUT2D eigenvalue weighted by molar-refractivity contribution is 6.05. The van der Waals surface area contributed by atoms with Crippen LogP contribution in [0.2, 0.25) is 0 Å². The molecule has 0 saturated carbocycles. The average Bonchev–Trinajstić information content (AvgIpc) is 3.17. The molecule has 0 aliphatic carbocycles. The average molecular weight is 692 g/mol. The van der Waals surface area contributed by atoms with E-state index in [9.17, 15) is 0 Å². The molecular weight excluding hydrogens is 643 g/mol. The minimum absolute atomic E-state index is 0.321. The molecule has 0 amide bonds. The second-order valence-corrected chi connectivity index (χ2v) is 14.2. The van der Waals surface area contributed by atoms with Gasteiger partial charge in [0.05, 0.1) is 5.69 Å². The van der Waals surface area contributed by atoms with Gasteiger partial charge in [-0.15, -0.1) is 0 Å². The normalized spacial score (nSPS) is 13.3. The summed E-state index contributed by atoms with van der Waals surface area (Å²) in [6.07, 6.45) is 8.07. The van der Waals surface area contributed by atoms with Crippen molar-refractivity contribution in [2.24, 2.45) is 4.99 Å². The smallest absolute Gasteiger partial charge is 0.140 e. The number of para-hydroxylation sites is 1. The van der Waals surface area contributed by atoms with Crippen LogP contribution in [0.3, 0.4) is 0 Å². The van der Waals surface area contributed by atoms with E-state index in [4.69, 9.17) is 0 Å². The van der Waals surface area contributed by atoms with Gasteiger partial charge in [0.15, 0.2) is 0 Å². The first-order valence-electron chi connectivity index (χ1n) is 18.3. The van der Waals surface area contributed by atoms with E-state index in [-0.39, 0.29) is 5.41 Å². The number of nitrogens with zero attached hydrogens (tertiary/aromatic N) is 3. The summed E-state index contributed by atoms with van der Waals surface area (Å²) < 4.78 is 0. The van der Waals surface area contributed by atoms with Crippen molar-refractivity contribution in [3.05, 3.63) is 192 Å². The molecule has 0 radical (unpaired) electrons. The number of pyridine rings is 1. The van der Waals surface area contributed by atoms with Gasteiger partial charge < -0.3 is 0 Å². The van der Waals surface area contributed by atoms with Gasteiger partial charge in [0, 0.05) is 28.6 Å². The Hall–Kier alpha value is -6.06. The number of rotatable bonds is 7. The van der Waals surface area contributed by atoms with Crippen molar-refractivity contribution in [3.8, 4) is 22.3 Å². The quantitative estimate of drug-likeness (QED) is 0.123. The van der Waals surface area contributed by atoms with E-state index in [0.29, 0.717) is 0 Å². The summed E-state index contributed by atoms with van der Waals surface area (Å²) >= 11 is 0. The molecule has 1 aromatic heterocycles. The topological polar surface area (TPSA) is 28.5 Å². The molecule has 2 heterocycles. The van der Waals surface area contributed by atoms with Crippen LogP contribution in [0.25, 0.3) is 38.6 Å². The SMILES string of the molecule is C=CC1=C(N=C)N(c2ccccc2)c2ccc(-c3ccc(-c4ccc(C)c(C(/C=C\C)=C(C)C)c4)c4ccccc34)cc2C1(C)C.Cc1ccccn1. The molecule has 3 heteroatoms. The highest BCUT2D eigenvalue weighted by Gasteiger charge is 2.38. The molecule has 5 aromatic carbocycles. The van der Waals surface area contributed by atoms with Crippen LogP contribution in [0.5, 0.6) is 0 Å². The fourth-order valence-corrected chi connectivity index (χ4v) is 7.42. The summed E-state index contributed by atoms with van der Waals surface area (Å²) in [4.78, 5) is 10.7. The first-order valence-corrected chi connectivity index (χ1v) is 18.3. The van der Waals surface area contributed by atoms with Gasteiger partial charge in [-0.1, -0.05) is 123 Å². The van der Waals surface area contributed by atoms with Gasteiger partial charge in [-0.05, 0) is 139 Å². The molecule has 0 bridgehead atoms. The van der Waals surface area contributed by atoms with E-state index in [1.807, 2.05) is 37.3 Å². The van der Waals surface area contributed by atoms with Crippen molar-refractivity contribution in [1.29, 1.82) is 0 Å². The van der Waals surface area contributed by atoms with Crippen molar-refractivity contribution >= 4 is 34.4 Å². The molecule has 0 N–H and O–H groups in total. The molecule has 53 heavy (non-hydrogen) atoms. The summed E-state index contributed by atoms with van der Waals surface area (Å²) in [6, 6.07) is 43.3. The molecular formula is C50H49N3. The maximum absolute atomic E-state index is 4.53. The fourth-order valence-electron chi connectivity index (χ4n) is 7.42. The van der Waals surface area contributed by atoms with Crippen molar-refractivity contribution in [3.63, 3.8) is 0 Å². The number of hydrogen-bond donors (Lipinski definition) is 0. The Morgan fingerprint density at radius 3 is 1.92 bits per heavy atom. The van der Waals surface area contributed by atoms with Gasteiger partial charge in [-0.2, -0.15) is 0 Å². The van der Waals surface area contributed by atoms with Crippen molar-refractivity contribution in [2.45, 2.75) is 53.9 Å². The third-order valence-electron chi connectivity index (χ3n) is 10.2. The van der Waals surface area contributed by atoms with Crippen LogP contribution in [0.15, 0.2) is 174 Å². The summed E-state index contributed by atoms with van der Waals surface area (Å²) in [5.41, 5.74) is 15.2. The van der Waals surface area contributed by atoms with Gasteiger partial charge in [0.25, 0.3) is 0 Å². The van der Waals surface area contributed by atoms with Crippen LogP contribution in [-0.2, 0) is 5.41 Å². The Labute approximate surface area is 316 Å². The van der Waals surface area contributed by atoms with Crippen LogP contribution in [0.1, 0.15) is 57.0 Å². The Kier molecular flexibility index (Phi) is 10.9. The monoisotopic (exact) mass is 691 g/mol. The van der Waals surface area contributed by atoms with Crippen molar-refractivity contribution < 1.29 is 0 Å². The molecule has 1 aliphatic rings. The number of aliphatic imine (C=N–C) groups is 1. The molecule has 0 atom stereocenters. The molecule has 7 rings (SSSR count). The van der Waals surface area contributed by atoms with Crippen molar-refractivity contribution in [2.75, 3.05) is 4.90 Å². The largest absolute Gasteiger partial charge is 0.295 e. The molecule has 1 aliphatic heterocycles. The number of allylic oxidation sites excluding steroid dienone is 6. The first-order chi connectivity index (χ1) is 25.6. The van der Waals surface area contributed by atoms with Crippen LogP contribution >= 0.6 is 0 Å². The van der Waals surface area contributed by atoms with Crippen LogP contribution in [0.4, 0.5) is 11.4 Å². The molecule has 0 saturated heterocycles. The van der Waals surface area contributed by atoms with Crippen LogP contribution < -0.4 is 4.90 Å². The summed E-state index contributed by atoms with van der Waals surface area (Å²) in [7, 11) is 0. The number of aromatic nitrogens is 1. The Morgan fingerprint density at radius 2 is 1.38 bits per heavy atom. The van der Waals surface area contributed by atoms with Crippen LogP contribution in [-0.4, -0.2) is 11.7 Å². The van der Waals surface area contributed by atoms with E-state index < -0.39 is 0 Å². The lowest BCUT2D eigenvalue weighted by molar-refractivity contribution is 0.616. The highest BCUT2D eigenvalue weighted by Crippen LogP contribution is 2.50. The summed E-state index contributed by atoms with van der Waals surface area (Å²) in [5, 5.41) is 2.48. The number of fused-ring (bicyclic) bond motifs is 2. The van der Waals surface area contributed by atoms with Gasteiger partial charge in [-0.25, -0.2) is 4.99 Å². The number of anilines is 2. The van der Waals surface area contributed by atoms with E-state index in [1.165, 1.54) is 60.9 Å². The van der Waals surface area contributed by atoms with E-state index in [1.54, 1.807) is 6.20 Å². The molecule has 0 spiro atoms. The molecule has 264 valence electrons. The zero-order chi connectivity index (χ0) is 37.7. The van der Waals surface area contributed by atoms with Gasteiger partial charge in [0.1, 0.15) is 5.82 Å². The third-order valence-corrected chi connectivity index (χ3v) is 10.2. The predicted molar refractivity (Wildman–Crippen MR) is 230 cm³/mol. The van der Waals surface area contributed by atoms with Crippen molar-refractivity contribution in [1.82, 2.24) is 4.98 Å². The maximum atomic E-state index is 4.53. The fraction of sp³-hybridized carbons (Fsp3) is 0.160. The number of aryl methyl sites for hydroxylation is 2.